The fourth-order valence-electron chi connectivity index (χ4n) is 3.39. The van der Waals surface area contributed by atoms with Gasteiger partial charge < -0.3 is 10.2 Å². The molecule has 30 heavy (non-hydrogen) atoms. The molecule has 0 saturated carbocycles. The molecule has 0 radical (unpaired) electrons. The lowest BCUT2D eigenvalue weighted by Crippen LogP contribution is -2.49. The number of benzene rings is 2. The van der Waals surface area contributed by atoms with E-state index in [4.69, 9.17) is 11.6 Å². The number of nitrogens with zero attached hydrogens (tertiary/aromatic N) is 1. The van der Waals surface area contributed by atoms with Crippen molar-refractivity contribution in [3.8, 4) is 0 Å². The number of hydrogen-bond donors (Lipinski definition) is 1. The number of aryl methyl sites for hydroxylation is 1. The molecular formula is C24H30ClFN2O2. The molecule has 2 aromatic rings. The van der Waals surface area contributed by atoms with Crippen molar-refractivity contribution in [3.63, 3.8) is 0 Å². The zero-order chi connectivity index (χ0) is 22.1. The second-order valence-corrected chi connectivity index (χ2v) is 7.86. The molecule has 0 spiro atoms. The summed E-state index contributed by atoms with van der Waals surface area (Å²) < 4.78 is 14.3. The van der Waals surface area contributed by atoms with E-state index >= 15 is 0 Å². The largest absolute Gasteiger partial charge is 0.354 e. The Morgan fingerprint density at radius 3 is 2.53 bits per heavy atom. The van der Waals surface area contributed by atoms with Crippen molar-refractivity contribution in [2.75, 3.05) is 6.54 Å². The molecule has 6 heteroatoms. The van der Waals surface area contributed by atoms with E-state index < -0.39 is 11.9 Å². The number of carbonyl (C=O) groups is 2. The van der Waals surface area contributed by atoms with Crippen LogP contribution in [0.25, 0.3) is 0 Å². The summed E-state index contributed by atoms with van der Waals surface area (Å²) in [4.78, 5) is 27.6. The highest BCUT2D eigenvalue weighted by Gasteiger charge is 2.29. The summed E-state index contributed by atoms with van der Waals surface area (Å²) >= 11 is 6.13. The Morgan fingerprint density at radius 1 is 1.17 bits per heavy atom. The lowest BCUT2D eigenvalue weighted by Gasteiger charge is -2.31. The third-order valence-corrected chi connectivity index (χ3v) is 5.39. The highest BCUT2D eigenvalue weighted by atomic mass is 35.5. The van der Waals surface area contributed by atoms with Crippen molar-refractivity contribution < 1.29 is 14.0 Å². The summed E-state index contributed by atoms with van der Waals surface area (Å²) in [7, 11) is 0. The van der Waals surface area contributed by atoms with E-state index in [1.165, 1.54) is 12.1 Å². The molecule has 1 N–H and O–H groups in total. The van der Waals surface area contributed by atoms with Crippen LogP contribution < -0.4 is 5.32 Å². The minimum Gasteiger partial charge on any atom is -0.354 e. The molecule has 0 aliphatic heterocycles. The number of hydrogen-bond acceptors (Lipinski definition) is 2. The van der Waals surface area contributed by atoms with Crippen LogP contribution >= 0.6 is 11.6 Å². The van der Waals surface area contributed by atoms with Gasteiger partial charge in [-0.1, -0.05) is 67.8 Å². The second-order valence-electron chi connectivity index (χ2n) is 7.46. The molecule has 0 fully saturated rings. The number of amides is 2. The lowest BCUT2D eigenvalue weighted by molar-refractivity contribution is -0.141. The molecule has 0 aliphatic carbocycles. The Bertz CT molecular complexity index is 852. The van der Waals surface area contributed by atoms with E-state index in [9.17, 15) is 14.0 Å². The molecule has 1 atom stereocenters. The molecule has 4 nitrogen and oxygen atoms in total. The quantitative estimate of drug-likeness (QED) is 0.534. The standard InChI is InChI=1S/C24H30ClFN2O2/c1-4-6-13-27-24(30)22(5-2)28(16-18-10-7-9-17(3)14-18)23(29)15-19-20(25)11-8-12-21(19)26/h7-12,14,22H,4-6,13,15-16H2,1-3H3,(H,27,30)/t22-/m1/s1. The van der Waals surface area contributed by atoms with Gasteiger partial charge in [-0.2, -0.15) is 0 Å². The molecule has 0 unspecified atom stereocenters. The van der Waals surface area contributed by atoms with Gasteiger partial charge in [0.15, 0.2) is 0 Å². The molecule has 0 bridgehead atoms. The number of rotatable bonds is 10. The van der Waals surface area contributed by atoms with E-state index in [2.05, 4.69) is 12.2 Å². The molecule has 2 amide bonds. The van der Waals surface area contributed by atoms with Crippen LogP contribution in [0.3, 0.4) is 0 Å². The molecular weight excluding hydrogens is 403 g/mol. The fraction of sp³-hybridized carbons (Fsp3) is 0.417. The first-order valence-corrected chi connectivity index (χ1v) is 10.8. The molecule has 0 heterocycles. The van der Waals surface area contributed by atoms with E-state index in [1.54, 1.807) is 11.0 Å². The Balaban J connectivity index is 2.31. The summed E-state index contributed by atoms with van der Waals surface area (Å²) in [5.74, 6) is -1.04. The third kappa shape index (κ3) is 6.56. The highest BCUT2D eigenvalue weighted by Crippen LogP contribution is 2.22. The predicted octanol–water partition coefficient (Wildman–Crippen LogP) is 5.05. The van der Waals surface area contributed by atoms with Gasteiger partial charge in [0, 0.05) is 23.7 Å². The predicted molar refractivity (Wildman–Crippen MR) is 119 cm³/mol. The van der Waals surface area contributed by atoms with Gasteiger partial charge in [-0.3, -0.25) is 9.59 Å². The molecule has 0 aliphatic rings. The van der Waals surface area contributed by atoms with Gasteiger partial charge >= 0.3 is 0 Å². The van der Waals surface area contributed by atoms with Crippen LogP contribution in [0.4, 0.5) is 4.39 Å². The lowest BCUT2D eigenvalue weighted by atomic mass is 10.1. The van der Waals surface area contributed by atoms with Crippen molar-refractivity contribution in [2.45, 2.75) is 59.0 Å². The zero-order valence-electron chi connectivity index (χ0n) is 17.9. The topological polar surface area (TPSA) is 49.4 Å². The van der Waals surface area contributed by atoms with E-state index in [0.29, 0.717) is 13.0 Å². The van der Waals surface area contributed by atoms with Crippen molar-refractivity contribution in [2.24, 2.45) is 0 Å². The molecule has 0 aromatic heterocycles. The SMILES string of the molecule is CCCCNC(=O)[C@@H](CC)N(Cc1cccc(C)c1)C(=O)Cc1c(F)cccc1Cl. The van der Waals surface area contributed by atoms with Crippen molar-refractivity contribution in [3.05, 3.63) is 70.0 Å². The van der Waals surface area contributed by atoms with Crippen LogP contribution in [-0.4, -0.2) is 29.3 Å². The van der Waals surface area contributed by atoms with E-state index in [0.717, 1.165) is 24.0 Å². The molecule has 2 rings (SSSR count). The maximum atomic E-state index is 14.3. The Labute approximate surface area is 183 Å². The van der Waals surface area contributed by atoms with E-state index in [-0.39, 0.29) is 35.4 Å². The summed E-state index contributed by atoms with van der Waals surface area (Å²) in [5.41, 5.74) is 2.14. The van der Waals surface area contributed by atoms with Crippen molar-refractivity contribution in [1.82, 2.24) is 10.2 Å². The van der Waals surface area contributed by atoms with Gasteiger partial charge in [0.05, 0.1) is 6.42 Å². The average molecular weight is 433 g/mol. The summed E-state index contributed by atoms with van der Waals surface area (Å²) in [6.07, 6.45) is 2.10. The van der Waals surface area contributed by atoms with Crippen molar-refractivity contribution >= 4 is 23.4 Å². The van der Waals surface area contributed by atoms with Crippen LogP contribution in [0.2, 0.25) is 5.02 Å². The van der Waals surface area contributed by atoms with E-state index in [1.807, 2.05) is 38.1 Å². The summed E-state index contributed by atoms with van der Waals surface area (Å²) in [6, 6.07) is 11.5. The number of nitrogens with one attached hydrogen (secondary N) is 1. The first kappa shape index (κ1) is 23.9. The minimum absolute atomic E-state index is 0.152. The Hall–Kier alpha value is -2.40. The van der Waals surface area contributed by atoms with Gasteiger partial charge in [0.25, 0.3) is 0 Å². The Kier molecular flexibility index (Phi) is 9.31. The first-order valence-electron chi connectivity index (χ1n) is 10.4. The van der Waals surface area contributed by atoms with Crippen LogP contribution in [0, 0.1) is 12.7 Å². The highest BCUT2D eigenvalue weighted by molar-refractivity contribution is 6.31. The van der Waals surface area contributed by atoms with Crippen LogP contribution in [-0.2, 0) is 22.6 Å². The van der Waals surface area contributed by atoms with Crippen LogP contribution in [0.15, 0.2) is 42.5 Å². The minimum atomic E-state index is -0.639. The number of unbranched alkanes of at least 4 members (excludes halogenated alkanes) is 1. The average Bonchev–Trinajstić information content (AvgIpc) is 2.71. The maximum Gasteiger partial charge on any atom is 0.242 e. The summed E-state index contributed by atoms with van der Waals surface area (Å²) in [5, 5.41) is 3.13. The van der Waals surface area contributed by atoms with Crippen LogP contribution in [0.1, 0.15) is 49.8 Å². The molecule has 162 valence electrons. The molecule has 0 saturated heterocycles. The fourth-order valence-corrected chi connectivity index (χ4v) is 3.62. The normalized spacial score (nSPS) is 11.8. The first-order chi connectivity index (χ1) is 14.4. The maximum absolute atomic E-state index is 14.3. The monoisotopic (exact) mass is 432 g/mol. The van der Waals surface area contributed by atoms with Gasteiger partial charge in [0.1, 0.15) is 11.9 Å². The van der Waals surface area contributed by atoms with Crippen LogP contribution in [0.5, 0.6) is 0 Å². The number of halogens is 2. The number of carbonyl (C=O) groups excluding carboxylic acids is 2. The third-order valence-electron chi connectivity index (χ3n) is 5.04. The van der Waals surface area contributed by atoms with Gasteiger partial charge in [-0.25, -0.2) is 4.39 Å². The van der Waals surface area contributed by atoms with Gasteiger partial charge in [0.2, 0.25) is 11.8 Å². The van der Waals surface area contributed by atoms with Gasteiger partial charge in [-0.05, 0) is 37.5 Å². The van der Waals surface area contributed by atoms with Crippen molar-refractivity contribution in [1.29, 1.82) is 0 Å². The second kappa shape index (κ2) is 11.7. The Morgan fingerprint density at radius 2 is 1.90 bits per heavy atom. The smallest absolute Gasteiger partial charge is 0.242 e. The molecule has 2 aromatic carbocycles. The zero-order valence-corrected chi connectivity index (χ0v) is 18.6. The summed E-state index contributed by atoms with van der Waals surface area (Å²) in [6.45, 7) is 6.74. The van der Waals surface area contributed by atoms with Gasteiger partial charge in [-0.15, -0.1) is 0 Å².